The lowest BCUT2D eigenvalue weighted by molar-refractivity contribution is -0.0460. The highest BCUT2D eigenvalue weighted by atomic mass is 16.5. The third-order valence-corrected chi connectivity index (χ3v) is 4.87. The number of benzene rings is 2. The molecule has 0 spiro atoms. The molecule has 0 aliphatic heterocycles. The van der Waals surface area contributed by atoms with Crippen molar-refractivity contribution < 1.29 is 15.3 Å². The summed E-state index contributed by atoms with van der Waals surface area (Å²) in [6.07, 6.45) is -0.420. The van der Waals surface area contributed by atoms with Gasteiger partial charge in [0, 0.05) is 28.5 Å². The molecule has 0 aliphatic carbocycles. The first kappa shape index (κ1) is 17.6. The van der Waals surface area contributed by atoms with Crippen molar-refractivity contribution in [3.8, 4) is 0 Å². The van der Waals surface area contributed by atoms with E-state index in [1.165, 1.54) is 0 Å². The number of aliphatic hydroxyl groups is 3. The van der Waals surface area contributed by atoms with E-state index in [1.54, 1.807) is 6.07 Å². The van der Waals surface area contributed by atoms with E-state index in [2.05, 4.69) is 9.97 Å². The van der Waals surface area contributed by atoms with Gasteiger partial charge in [-0.1, -0.05) is 42.5 Å². The molecule has 4 aromatic rings. The fraction of sp³-hybridized carbons (Fsp3) is 0.190. The second-order valence-corrected chi connectivity index (χ2v) is 6.70. The van der Waals surface area contributed by atoms with Crippen LogP contribution >= 0.6 is 0 Å². The molecule has 0 amide bonds. The summed E-state index contributed by atoms with van der Waals surface area (Å²) in [4.78, 5) is 7.48. The number of nitrogens with one attached hydrogen (secondary N) is 1. The molecule has 2 aromatic carbocycles. The number of pyridine rings is 1. The quantitative estimate of drug-likeness (QED) is 0.349. The summed E-state index contributed by atoms with van der Waals surface area (Å²) in [5, 5.41) is 32.5. The molecule has 0 saturated carbocycles. The minimum absolute atomic E-state index is 0.0852. The number of H-pyrrole nitrogens is 1. The van der Waals surface area contributed by atoms with E-state index in [0.717, 1.165) is 27.2 Å². The molecule has 1 unspecified atom stereocenters. The number of aromatic amines is 1. The monoisotopic (exact) mass is 363 g/mol. The molecular formula is C21H21N3O3. The van der Waals surface area contributed by atoms with Crippen molar-refractivity contribution in [2.45, 2.75) is 24.9 Å². The molecule has 0 fully saturated rings. The smallest absolute Gasteiger partial charge is 0.196 e. The zero-order chi connectivity index (χ0) is 19.0. The maximum Gasteiger partial charge on any atom is 0.196 e. The van der Waals surface area contributed by atoms with Crippen LogP contribution in [0.25, 0.3) is 21.7 Å². The number of aliphatic hydroxyl groups excluding tert-OH is 2. The lowest BCUT2D eigenvalue weighted by Crippen LogP contribution is -2.31. The molecule has 27 heavy (non-hydrogen) atoms. The largest absolute Gasteiger partial charge is 0.385 e. The second-order valence-electron chi connectivity index (χ2n) is 6.70. The SMILES string of the molecule is N[C@@H](Cc1c[nH]c2ccccc12)C(O)c1nc(C(O)O)cc2ccccc12. The average molecular weight is 363 g/mol. The molecule has 2 aromatic heterocycles. The van der Waals surface area contributed by atoms with E-state index >= 15 is 0 Å². The molecule has 6 N–H and O–H groups in total. The lowest BCUT2D eigenvalue weighted by Gasteiger charge is -2.21. The molecule has 0 aliphatic rings. The van der Waals surface area contributed by atoms with E-state index in [-0.39, 0.29) is 5.69 Å². The van der Waals surface area contributed by atoms with Crippen LogP contribution in [0.3, 0.4) is 0 Å². The predicted octanol–water partition coefficient (Wildman–Crippen LogP) is 2.30. The Morgan fingerprint density at radius 1 is 0.963 bits per heavy atom. The van der Waals surface area contributed by atoms with Gasteiger partial charge in [0.2, 0.25) is 0 Å². The Labute approximate surface area is 155 Å². The fourth-order valence-corrected chi connectivity index (χ4v) is 3.47. The first-order valence-corrected chi connectivity index (χ1v) is 8.79. The van der Waals surface area contributed by atoms with E-state index in [9.17, 15) is 15.3 Å². The van der Waals surface area contributed by atoms with Gasteiger partial charge in [0.05, 0.1) is 11.4 Å². The molecule has 0 saturated heterocycles. The van der Waals surface area contributed by atoms with E-state index in [0.29, 0.717) is 12.1 Å². The van der Waals surface area contributed by atoms with E-state index < -0.39 is 18.4 Å². The van der Waals surface area contributed by atoms with Crippen molar-refractivity contribution in [2.75, 3.05) is 0 Å². The van der Waals surface area contributed by atoms with Crippen molar-refractivity contribution >= 4 is 21.7 Å². The van der Waals surface area contributed by atoms with Gasteiger partial charge in [-0.05, 0) is 29.5 Å². The number of nitrogens with two attached hydrogens (primary N) is 1. The third-order valence-electron chi connectivity index (χ3n) is 4.87. The summed E-state index contributed by atoms with van der Waals surface area (Å²) in [6.45, 7) is 0. The van der Waals surface area contributed by atoms with Crippen molar-refractivity contribution in [1.29, 1.82) is 0 Å². The first-order valence-electron chi connectivity index (χ1n) is 8.79. The summed E-state index contributed by atoms with van der Waals surface area (Å²) in [5.74, 6) is 0. The van der Waals surface area contributed by atoms with Crippen molar-refractivity contribution in [3.05, 3.63) is 77.7 Å². The number of hydrogen-bond donors (Lipinski definition) is 5. The lowest BCUT2D eigenvalue weighted by atomic mass is 9.96. The molecule has 2 atom stereocenters. The average Bonchev–Trinajstić information content (AvgIpc) is 3.09. The van der Waals surface area contributed by atoms with Crippen LogP contribution in [0.5, 0.6) is 0 Å². The van der Waals surface area contributed by atoms with Crippen LogP contribution in [0.4, 0.5) is 0 Å². The van der Waals surface area contributed by atoms with Gasteiger partial charge < -0.3 is 26.0 Å². The van der Waals surface area contributed by atoms with Gasteiger partial charge in [-0.15, -0.1) is 0 Å². The fourth-order valence-electron chi connectivity index (χ4n) is 3.47. The van der Waals surface area contributed by atoms with Crippen LogP contribution < -0.4 is 5.73 Å². The molecule has 0 bridgehead atoms. The minimum atomic E-state index is -1.72. The summed E-state index contributed by atoms with van der Waals surface area (Å²) < 4.78 is 0. The second kappa shape index (κ2) is 7.09. The molecule has 2 heterocycles. The molecule has 0 radical (unpaired) electrons. The highest BCUT2D eigenvalue weighted by Gasteiger charge is 2.23. The number of rotatable bonds is 5. The normalized spacial score (nSPS) is 14.1. The Balaban J connectivity index is 1.70. The van der Waals surface area contributed by atoms with Crippen molar-refractivity contribution in [3.63, 3.8) is 0 Å². The summed E-state index contributed by atoms with van der Waals surface area (Å²) in [5.41, 5.74) is 8.79. The first-order chi connectivity index (χ1) is 13.0. The van der Waals surface area contributed by atoms with Crippen LogP contribution in [-0.2, 0) is 6.42 Å². The predicted molar refractivity (Wildman–Crippen MR) is 104 cm³/mol. The summed E-state index contributed by atoms with van der Waals surface area (Å²) >= 11 is 0. The molecule has 6 heteroatoms. The Hall–Kier alpha value is -2.77. The van der Waals surface area contributed by atoms with Crippen LogP contribution in [0, 0.1) is 0 Å². The number of para-hydroxylation sites is 1. The molecule has 4 rings (SSSR count). The Kier molecular flexibility index (Phi) is 4.63. The summed E-state index contributed by atoms with van der Waals surface area (Å²) in [6, 6.07) is 16.3. The minimum Gasteiger partial charge on any atom is -0.385 e. The van der Waals surface area contributed by atoms with Crippen molar-refractivity contribution in [1.82, 2.24) is 9.97 Å². The molecular weight excluding hydrogens is 342 g/mol. The van der Waals surface area contributed by atoms with Gasteiger partial charge in [0.1, 0.15) is 6.10 Å². The van der Waals surface area contributed by atoms with Crippen LogP contribution in [0.15, 0.2) is 60.8 Å². The van der Waals surface area contributed by atoms with Crippen LogP contribution in [-0.4, -0.2) is 31.3 Å². The van der Waals surface area contributed by atoms with E-state index in [1.807, 2.05) is 54.7 Å². The van der Waals surface area contributed by atoms with Crippen LogP contribution in [0.2, 0.25) is 0 Å². The zero-order valence-electron chi connectivity index (χ0n) is 14.6. The van der Waals surface area contributed by atoms with Gasteiger partial charge in [-0.3, -0.25) is 0 Å². The standard InChI is InChI=1S/C21H21N3O3/c22-16(9-13-11-23-17-8-4-3-6-14(13)17)20(25)19-15-7-2-1-5-12(15)10-18(24-19)21(26)27/h1-8,10-11,16,20-21,23,25-27H,9,22H2/t16-,20?/m0/s1. The summed E-state index contributed by atoms with van der Waals surface area (Å²) in [7, 11) is 0. The number of fused-ring (bicyclic) bond motifs is 2. The maximum atomic E-state index is 10.9. The topological polar surface area (TPSA) is 115 Å². The van der Waals surface area contributed by atoms with Gasteiger partial charge >= 0.3 is 0 Å². The highest BCUT2D eigenvalue weighted by Crippen LogP contribution is 2.28. The van der Waals surface area contributed by atoms with Crippen molar-refractivity contribution in [2.24, 2.45) is 5.73 Å². The highest BCUT2D eigenvalue weighted by molar-refractivity contribution is 5.85. The Bertz CT molecular complexity index is 1090. The number of hydrogen-bond acceptors (Lipinski definition) is 5. The number of nitrogens with zero attached hydrogens (tertiary/aromatic N) is 1. The number of aromatic nitrogens is 2. The Morgan fingerprint density at radius 3 is 2.44 bits per heavy atom. The van der Waals surface area contributed by atoms with Crippen LogP contribution in [0.1, 0.15) is 29.3 Å². The zero-order valence-corrected chi connectivity index (χ0v) is 14.6. The van der Waals surface area contributed by atoms with Gasteiger partial charge in [-0.2, -0.15) is 0 Å². The van der Waals surface area contributed by atoms with E-state index in [4.69, 9.17) is 5.73 Å². The van der Waals surface area contributed by atoms with Gasteiger partial charge in [0.15, 0.2) is 6.29 Å². The third kappa shape index (κ3) is 3.31. The molecule has 6 nitrogen and oxygen atoms in total. The molecule has 138 valence electrons. The van der Waals surface area contributed by atoms with Gasteiger partial charge in [-0.25, -0.2) is 4.98 Å². The van der Waals surface area contributed by atoms with Gasteiger partial charge in [0.25, 0.3) is 0 Å². The maximum absolute atomic E-state index is 10.9. The Morgan fingerprint density at radius 2 is 1.67 bits per heavy atom.